The normalized spacial score (nSPS) is 22.9. The van der Waals surface area contributed by atoms with Crippen LogP contribution in [0.1, 0.15) is 0 Å². The predicted octanol–water partition coefficient (Wildman–Crippen LogP) is 1.91. The topological polar surface area (TPSA) is 86.8 Å². The molecular weight excluding hydrogens is 386 g/mol. The van der Waals surface area contributed by atoms with E-state index in [9.17, 15) is 19.2 Å². The van der Waals surface area contributed by atoms with Crippen LogP contribution in [0.15, 0.2) is 35.2 Å². The van der Waals surface area contributed by atoms with E-state index in [0.717, 1.165) is 9.80 Å². The number of thioether (sulfide) groups is 1. The number of nitrogens with zero attached hydrogens (tertiary/aromatic N) is 2. The van der Waals surface area contributed by atoms with Gasteiger partial charge in [0.05, 0.1) is 10.6 Å². The molecule has 0 spiro atoms. The van der Waals surface area contributed by atoms with Crippen molar-refractivity contribution in [1.29, 1.82) is 0 Å². The molecule has 1 atom stereocenters. The molecule has 25 heavy (non-hydrogen) atoms. The minimum absolute atomic E-state index is 0.0323. The van der Waals surface area contributed by atoms with Crippen molar-refractivity contribution >= 4 is 69.3 Å². The van der Waals surface area contributed by atoms with E-state index in [-0.39, 0.29) is 10.0 Å². The van der Waals surface area contributed by atoms with Crippen molar-refractivity contribution in [3.05, 3.63) is 40.3 Å². The first-order chi connectivity index (χ1) is 11.8. The number of carbonyl (C=O) groups is 4. The summed E-state index contributed by atoms with van der Waals surface area (Å²) in [5.41, 5.74) is 0.432. The molecule has 0 radical (unpaired) electrons. The number of amides is 4. The third-order valence-corrected chi connectivity index (χ3v) is 5.11. The maximum Gasteiger partial charge on any atom is 0.293 e. The number of imide groups is 1. The quantitative estimate of drug-likeness (QED) is 0.467. The minimum atomic E-state index is -1.27. The van der Waals surface area contributed by atoms with Crippen molar-refractivity contribution in [2.24, 2.45) is 5.92 Å². The molecule has 2 fully saturated rings. The van der Waals surface area contributed by atoms with Gasteiger partial charge in [-0.05, 0) is 54.3 Å². The summed E-state index contributed by atoms with van der Waals surface area (Å²) in [6.07, 6.45) is 1.19. The Labute approximate surface area is 157 Å². The number of nitrogens with one attached hydrogen (secondary N) is 1. The Bertz CT molecular complexity index is 853. The molecule has 4 amide bonds. The fourth-order valence-electron chi connectivity index (χ4n) is 2.28. The number of likely N-dealkylation sites (N-methyl/N-ethyl adjacent to an activating group) is 1. The van der Waals surface area contributed by atoms with Gasteiger partial charge in [-0.25, -0.2) is 0 Å². The van der Waals surface area contributed by atoms with E-state index in [2.05, 4.69) is 5.32 Å². The van der Waals surface area contributed by atoms with E-state index in [1.807, 2.05) is 0 Å². The second kappa shape index (κ2) is 6.58. The number of anilines is 1. The highest BCUT2D eigenvalue weighted by molar-refractivity contribution is 8.18. The van der Waals surface area contributed by atoms with Crippen LogP contribution in [0, 0.1) is 5.92 Å². The van der Waals surface area contributed by atoms with Crippen molar-refractivity contribution in [3.63, 3.8) is 0 Å². The summed E-state index contributed by atoms with van der Waals surface area (Å²) in [4.78, 5) is 50.6. The smallest absolute Gasteiger partial charge is 0.293 e. The van der Waals surface area contributed by atoms with Gasteiger partial charge in [0.1, 0.15) is 5.92 Å². The molecule has 1 N–H and O–H groups in total. The van der Waals surface area contributed by atoms with Gasteiger partial charge in [0.15, 0.2) is 5.11 Å². The molecule has 2 aliphatic rings. The number of benzene rings is 1. The molecular formula is C15H10ClN3O4S2. The van der Waals surface area contributed by atoms with Gasteiger partial charge in [-0.3, -0.25) is 29.0 Å². The molecule has 7 nitrogen and oxygen atoms in total. The second-order valence-corrected chi connectivity index (χ2v) is 7.00. The van der Waals surface area contributed by atoms with E-state index in [4.69, 9.17) is 23.8 Å². The summed E-state index contributed by atoms with van der Waals surface area (Å²) in [6.45, 7) is 0. The van der Waals surface area contributed by atoms with Crippen LogP contribution in [0.3, 0.4) is 0 Å². The lowest BCUT2D eigenvalue weighted by atomic mass is 10.0. The van der Waals surface area contributed by atoms with Gasteiger partial charge in [0.25, 0.3) is 11.1 Å². The van der Waals surface area contributed by atoms with Gasteiger partial charge in [-0.15, -0.1) is 0 Å². The molecule has 1 aromatic carbocycles. The number of carbonyl (C=O) groups excluding carboxylic acids is 4. The van der Waals surface area contributed by atoms with Crippen molar-refractivity contribution < 1.29 is 19.2 Å². The van der Waals surface area contributed by atoms with Crippen LogP contribution in [-0.4, -0.2) is 40.0 Å². The third kappa shape index (κ3) is 3.17. The van der Waals surface area contributed by atoms with Crippen LogP contribution in [0.4, 0.5) is 10.5 Å². The van der Waals surface area contributed by atoms with E-state index in [1.165, 1.54) is 13.1 Å². The number of thiocarbonyl (C=S) groups is 1. The summed E-state index contributed by atoms with van der Waals surface area (Å²) in [5.74, 6) is -3.09. The van der Waals surface area contributed by atoms with Crippen molar-refractivity contribution in [2.45, 2.75) is 0 Å². The summed E-state index contributed by atoms with van der Waals surface area (Å²) >= 11 is 11.6. The van der Waals surface area contributed by atoms with Crippen LogP contribution in [0.25, 0.3) is 0 Å². The molecule has 3 rings (SSSR count). The molecule has 2 saturated heterocycles. The van der Waals surface area contributed by atoms with Gasteiger partial charge in [0, 0.05) is 12.1 Å². The van der Waals surface area contributed by atoms with Crippen LogP contribution in [0.2, 0.25) is 5.02 Å². The highest BCUT2D eigenvalue weighted by Gasteiger charge is 2.41. The fourth-order valence-corrected chi connectivity index (χ4v) is 3.54. The van der Waals surface area contributed by atoms with Crippen molar-refractivity contribution in [3.8, 4) is 0 Å². The lowest BCUT2D eigenvalue weighted by molar-refractivity contribution is -0.131. The summed E-state index contributed by atoms with van der Waals surface area (Å²) < 4.78 is 0. The van der Waals surface area contributed by atoms with Gasteiger partial charge in [0.2, 0.25) is 11.8 Å². The van der Waals surface area contributed by atoms with Crippen LogP contribution < -0.4 is 10.2 Å². The third-order valence-electron chi connectivity index (χ3n) is 3.59. The van der Waals surface area contributed by atoms with E-state index >= 15 is 0 Å². The van der Waals surface area contributed by atoms with Gasteiger partial charge in [-0.2, -0.15) is 0 Å². The highest BCUT2D eigenvalue weighted by Crippen LogP contribution is 2.32. The molecule has 2 heterocycles. The first-order valence-corrected chi connectivity index (χ1v) is 8.56. The van der Waals surface area contributed by atoms with E-state index in [1.54, 1.807) is 24.3 Å². The van der Waals surface area contributed by atoms with Gasteiger partial charge < -0.3 is 5.32 Å². The maximum absolute atomic E-state index is 12.8. The summed E-state index contributed by atoms with van der Waals surface area (Å²) in [7, 11) is 1.33. The molecule has 0 unspecified atom stereocenters. The van der Waals surface area contributed by atoms with E-state index < -0.39 is 28.9 Å². The maximum atomic E-state index is 12.8. The van der Waals surface area contributed by atoms with Crippen molar-refractivity contribution in [2.75, 3.05) is 11.9 Å². The summed E-state index contributed by atoms with van der Waals surface area (Å²) in [5, 5.41) is 2.39. The first kappa shape index (κ1) is 17.6. The molecule has 0 bridgehead atoms. The average Bonchev–Trinajstić information content (AvgIpc) is 2.80. The van der Waals surface area contributed by atoms with Crippen LogP contribution in [0.5, 0.6) is 0 Å². The predicted molar refractivity (Wildman–Crippen MR) is 97.0 cm³/mol. The molecule has 128 valence electrons. The Hall–Kier alpha value is -2.23. The molecule has 2 aliphatic heterocycles. The Morgan fingerprint density at radius 2 is 1.84 bits per heavy atom. The van der Waals surface area contributed by atoms with Gasteiger partial charge >= 0.3 is 0 Å². The lowest BCUT2D eigenvalue weighted by Crippen LogP contribution is -2.57. The number of hydrogen-bond donors (Lipinski definition) is 1. The van der Waals surface area contributed by atoms with Crippen molar-refractivity contribution in [1.82, 2.24) is 10.2 Å². The number of rotatable bonds is 2. The monoisotopic (exact) mass is 395 g/mol. The number of halogens is 1. The molecule has 10 heteroatoms. The SMILES string of the molecule is CN1C(=O)S/C(=C\[C@@H]2C(=O)NC(=S)N(c3ccc(Cl)cc3)C2=O)C1=O. The van der Waals surface area contributed by atoms with Crippen LogP contribution in [-0.2, 0) is 14.4 Å². The van der Waals surface area contributed by atoms with Gasteiger partial charge in [-0.1, -0.05) is 11.6 Å². The average molecular weight is 396 g/mol. The zero-order valence-corrected chi connectivity index (χ0v) is 15.1. The first-order valence-electron chi connectivity index (χ1n) is 6.95. The minimum Gasteiger partial charge on any atom is -0.301 e. The Balaban J connectivity index is 1.95. The highest BCUT2D eigenvalue weighted by atomic mass is 35.5. The number of hydrogen-bond acceptors (Lipinski definition) is 6. The molecule has 1 aromatic rings. The Morgan fingerprint density at radius 1 is 1.20 bits per heavy atom. The standard InChI is InChI=1S/C15H10ClN3O4S2/c1-18-13(22)10(25-15(18)23)6-9-11(20)17-14(24)19(12(9)21)8-4-2-7(16)3-5-8/h2-6,9H,1H3,(H,17,20,24)/b10-6-/t9-/m1/s1. The largest absolute Gasteiger partial charge is 0.301 e. The molecule has 0 aliphatic carbocycles. The Kier molecular flexibility index (Phi) is 4.63. The zero-order valence-electron chi connectivity index (χ0n) is 12.7. The zero-order chi connectivity index (χ0) is 18.3. The second-order valence-electron chi connectivity index (χ2n) is 5.19. The van der Waals surface area contributed by atoms with Crippen LogP contribution >= 0.6 is 35.6 Å². The fraction of sp³-hybridized carbons (Fsp3) is 0.133. The van der Waals surface area contributed by atoms with E-state index in [0.29, 0.717) is 22.5 Å². The summed E-state index contributed by atoms with van der Waals surface area (Å²) in [6, 6.07) is 6.34. The Morgan fingerprint density at radius 3 is 2.40 bits per heavy atom. The molecule has 0 saturated carbocycles. The lowest BCUT2D eigenvalue weighted by Gasteiger charge is -2.31. The molecule has 0 aromatic heterocycles.